The van der Waals surface area contributed by atoms with Crippen molar-refractivity contribution in [1.29, 1.82) is 0 Å². The maximum absolute atomic E-state index is 12.8. The van der Waals surface area contributed by atoms with Crippen LogP contribution in [0.25, 0.3) is 6.08 Å². The molecule has 4 rings (SSSR count). The number of hydrogen-bond acceptors (Lipinski definition) is 6. The number of carbonyl (C=O) groups is 2. The molecule has 2 amide bonds. The zero-order valence-electron chi connectivity index (χ0n) is 17.4. The first kappa shape index (κ1) is 24.0. The summed E-state index contributed by atoms with van der Waals surface area (Å²) in [5.74, 6) is 0.106. The maximum atomic E-state index is 12.8. The third-order valence-corrected chi connectivity index (χ3v) is 7.15. The van der Waals surface area contributed by atoms with Crippen molar-refractivity contribution in [2.75, 3.05) is 25.1 Å². The fraction of sp³-hybridized carbons (Fsp3) is 0.261. The lowest BCUT2D eigenvalue weighted by Crippen LogP contribution is -2.35. The SMILES string of the molecule is O=C(COc1ccc(/C=C2\SC(=S)N(C[C@H]3CCCO3)C2=O)cc1)Nc1ccc(Cl)c(Cl)c1. The number of ether oxygens (including phenoxy) is 2. The van der Waals surface area contributed by atoms with E-state index in [-0.39, 0.29) is 24.5 Å². The molecule has 1 N–H and O–H groups in total. The Morgan fingerprint density at radius 3 is 2.73 bits per heavy atom. The first-order chi connectivity index (χ1) is 15.9. The lowest BCUT2D eigenvalue weighted by molar-refractivity contribution is -0.123. The quantitative estimate of drug-likeness (QED) is 0.388. The van der Waals surface area contributed by atoms with Crippen LogP contribution in [0.4, 0.5) is 5.69 Å². The lowest BCUT2D eigenvalue weighted by Gasteiger charge is -2.18. The Kier molecular flexibility index (Phi) is 7.93. The molecule has 2 aromatic rings. The summed E-state index contributed by atoms with van der Waals surface area (Å²) in [6.45, 7) is 1.07. The summed E-state index contributed by atoms with van der Waals surface area (Å²) >= 11 is 18.5. The Labute approximate surface area is 211 Å². The van der Waals surface area contributed by atoms with Crippen LogP contribution in [0.5, 0.6) is 5.75 Å². The van der Waals surface area contributed by atoms with Crippen molar-refractivity contribution < 1.29 is 19.1 Å². The average molecular weight is 523 g/mol. The molecule has 2 fully saturated rings. The summed E-state index contributed by atoms with van der Waals surface area (Å²) in [6.07, 6.45) is 3.82. The van der Waals surface area contributed by atoms with Crippen molar-refractivity contribution in [2.45, 2.75) is 18.9 Å². The van der Waals surface area contributed by atoms with E-state index in [9.17, 15) is 9.59 Å². The van der Waals surface area contributed by atoms with E-state index < -0.39 is 0 Å². The minimum absolute atomic E-state index is 0.0529. The van der Waals surface area contributed by atoms with Crippen molar-refractivity contribution >= 4 is 75.1 Å². The number of anilines is 1. The Hall–Kier alpha value is -2.10. The predicted octanol–water partition coefficient (Wildman–Crippen LogP) is 5.39. The molecule has 0 saturated carbocycles. The van der Waals surface area contributed by atoms with Crippen molar-refractivity contribution in [3.8, 4) is 5.75 Å². The molecule has 0 radical (unpaired) electrons. The highest BCUT2D eigenvalue weighted by molar-refractivity contribution is 8.26. The second-order valence-corrected chi connectivity index (χ2v) is 9.95. The number of hydrogen-bond donors (Lipinski definition) is 1. The average Bonchev–Trinajstić information content (AvgIpc) is 3.40. The number of rotatable bonds is 7. The molecule has 172 valence electrons. The number of benzene rings is 2. The van der Waals surface area contributed by atoms with Gasteiger partial charge in [-0.2, -0.15) is 0 Å². The molecule has 2 aliphatic heterocycles. The Morgan fingerprint density at radius 2 is 2.03 bits per heavy atom. The van der Waals surface area contributed by atoms with E-state index in [1.165, 1.54) is 11.8 Å². The van der Waals surface area contributed by atoms with Gasteiger partial charge < -0.3 is 14.8 Å². The van der Waals surface area contributed by atoms with Crippen LogP contribution in [0, 0.1) is 0 Å². The number of thiocarbonyl (C=S) groups is 1. The normalized spacial score (nSPS) is 19.4. The standard InChI is InChI=1S/C23H20Cl2N2O4S2/c24-18-8-5-15(11-19(18)25)26-21(28)13-31-16-6-3-14(4-7-16)10-20-22(29)27(23(32)33-20)12-17-2-1-9-30-17/h3-8,10-11,17H,1-2,9,12-13H2,(H,26,28)/b20-10-/t17-/m1/s1. The molecule has 0 aliphatic carbocycles. The Balaban J connectivity index is 1.31. The molecular weight excluding hydrogens is 503 g/mol. The minimum atomic E-state index is -0.326. The van der Waals surface area contributed by atoms with Crippen LogP contribution in [-0.2, 0) is 14.3 Å². The number of thioether (sulfide) groups is 1. The molecule has 10 heteroatoms. The molecule has 0 unspecified atom stereocenters. The highest BCUT2D eigenvalue weighted by atomic mass is 35.5. The summed E-state index contributed by atoms with van der Waals surface area (Å²) in [7, 11) is 0. The van der Waals surface area contributed by atoms with E-state index in [0.717, 1.165) is 25.0 Å². The predicted molar refractivity (Wildman–Crippen MR) is 136 cm³/mol. The smallest absolute Gasteiger partial charge is 0.266 e. The summed E-state index contributed by atoms with van der Waals surface area (Å²) < 4.78 is 11.7. The van der Waals surface area contributed by atoms with E-state index in [1.54, 1.807) is 41.3 Å². The van der Waals surface area contributed by atoms with Crippen molar-refractivity contribution in [2.24, 2.45) is 0 Å². The largest absolute Gasteiger partial charge is 0.484 e. The van der Waals surface area contributed by atoms with Gasteiger partial charge in [0.1, 0.15) is 10.1 Å². The fourth-order valence-corrected chi connectivity index (χ4v) is 4.95. The van der Waals surface area contributed by atoms with Crippen molar-refractivity contribution in [3.05, 3.63) is 63.0 Å². The highest BCUT2D eigenvalue weighted by Gasteiger charge is 2.34. The fourth-order valence-electron chi connectivity index (χ4n) is 3.38. The Morgan fingerprint density at radius 1 is 1.24 bits per heavy atom. The van der Waals surface area contributed by atoms with Gasteiger partial charge in [-0.1, -0.05) is 59.3 Å². The molecule has 0 bridgehead atoms. The molecule has 2 heterocycles. The molecule has 2 aromatic carbocycles. The highest BCUT2D eigenvalue weighted by Crippen LogP contribution is 2.33. The van der Waals surface area contributed by atoms with Gasteiger partial charge in [-0.15, -0.1) is 0 Å². The van der Waals surface area contributed by atoms with E-state index >= 15 is 0 Å². The van der Waals surface area contributed by atoms with Gasteiger partial charge in [0.15, 0.2) is 6.61 Å². The second-order valence-electron chi connectivity index (χ2n) is 7.46. The van der Waals surface area contributed by atoms with Crippen LogP contribution in [0.2, 0.25) is 10.0 Å². The Bertz CT molecular complexity index is 1100. The molecule has 2 aliphatic rings. The van der Waals surface area contributed by atoms with Gasteiger partial charge in [-0.25, -0.2) is 0 Å². The number of nitrogens with zero attached hydrogens (tertiary/aromatic N) is 1. The number of halogens is 2. The van der Waals surface area contributed by atoms with Gasteiger partial charge in [-0.3, -0.25) is 14.5 Å². The van der Waals surface area contributed by atoms with Gasteiger partial charge >= 0.3 is 0 Å². The molecule has 0 spiro atoms. The topological polar surface area (TPSA) is 67.9 Å². The van der Waals surface area contributed by atoms with Crippen LogP contribution < -0.4 is 10.1 Å². The van der Waals surface area contributed by atoms with Crippen molar-refractivity contribution in [1.82, 2.24) is 4.90 Å². The first-order valence-corrected chi connectivity index (χ1v) is 12.2. The molecule has 2 saturated heterocycles. The molecule has 1 atom stereocenters. The van der Waals surface area contributed by atoms with Gasteiger partial charge in [0.05, 0.1) is 27.6 Å². The van der Waals surface area contributed by atoms with Gasteiger partial charge in [0.25, 0.3) is 11.8 Å². The summed E-state index contributed by atoms with van der Waals surface area (Å²) in [5, 5.41) is 3.47. The zero-order chi connectivity index (χ0) is 23.4. The van der Waals surface area contributed by atoms with E-state index in [1.807, 2.05) is 12.1 Å². The van der Waals surface area contributed by atoms with E-state index in [2.05, 4.69) is 5.32 Å². The summed E-state index contributed by atoms with van der Waals surface area (Å²) in [4.78, 5) is 27.1. The number of carbonyl (C=O) groups excluding carboxylic acids is 2. The molecular formula is C23H20Cl2N2O4S2. The minimum Gasteiger partial charge on any atom is -0.484 e. The van der Waals surface area contributed by atoms with Gasteiger partial charge in [0, 0.05) is 12.3 Å². The first-order valence-electron chi connectivity index (χ1n) is 10.2. The zero-order valence-corrected chi connectivity index (χ0v) is 20.5. The third-order valence-electron chi connectivity index (χ3n) is 5.03. The molecule has 33 heavy (non-hydrogen) atoms. The van der Waals surface area contributed by atoms with E-state index in [0.29, 0.717) is 37.3 Å². The lowest BCUT2D eigenvalue weighted by atomic mass is 10.2. The third kappa shape index (κ3) is 6.28. The van der Waals surface area contributed by atoms with Gasteiger partial charge in [0.2, 0.25) is 0 Å². The van der Waals surface area contributed by atoms with Crippen LogP contribution in [0.3, 0.4) is 0 Å². The maximum Gasteiger partial charge on any atom is 0.266 e. The summed E-state index contributed by atoms with van der Waals surface area (Å²) in [6, 6.07) is 12.0. The molecule has 0 aromatic heterocycles. The monoisotopic (exact) mass is 522 g/mol. The van der Waals surface area contributed by atoms with E-state index in [4.69, 9.17) is 44.9 Å². The van der Waals surface area contributed by atoms with Crippen LogP contribution >= 0.6 is 47.2 Å². The van der Waals surface area contributed by atoms with Crippen LogP contribution in [0.15, 0.2) is 47.4 Å². The van der Waals surface area contributed by atoms with Crippen molar-refractivity contribution in [3.63, 3.8) is 0 Å². The second kappa shape index (κ2) is 10.9. The summed E-state index contributed by atoms with van der Waals surface area (Å²) in [5.41, 5.74) is 1.37. The van der Waals surface area contributed by atoms with Crippen LogP contribution in [-0.4, -0.2) is 46.9 Å². The van der Waals surface area contributed by atoms with Crippen LogP contribution in [0.1, 0.15) is 18.4 Å². The van der Waals surface area contributed by atoms with Gasteiger partial charge in [-0.05, 0) is 54.8 Å². The molecule has 6 nitrogen and oxygen atoms in total. The number of nitrogens with one attached hydrogen (secondary N) is 1. The number of amides is 2.